The molecular weight excluding hydrogens is 306 g/mol. The molecule has 1 aromatic carbocycles. The molecule has 2 heterocycles. The summed E-state index contributed by atoms with van der Waals surface area (Å²) < 4.78 is 1.41. The molecule has 1 fully saturated rings. The number of aromatic nitrogens is 1. The maximum Gasteiger partial charge on any atom is 0.266 e. The minimum Gasteiger partial charge on any atom is -0.371 e. The van der Waals surface area contributed by atoms with Crippen LogP contribution in [-0.2, 0) is 0 Å². The van der Waals surface area contributed by atoms with Crippen molar-refractivity contribution in [3.8, 4) is 0 Å². The Kier molecular flexibility index (Phi) is 4.68. The number of nitrogens with zero attached hydrogens (tertiary/aromatic N) is 2. The fourth-order valence-electron chi connectivity index (χ4n) is 3.15. The summed E-state index contributed by atoms with van der Waals surface area (Å²) >= 11 is 1.41. The number of para-hydroxylation sites is 1. The Labute approximate surface area is 140 Å². The van der Waals surface area contributed by atoms with Gasteiger partial charge in [0.1, 0.15) is 0 Å². The molecule has 1 N–H and O–H groups in total. The van der Waals surface area contributed by atoms with Crippen LogP contribution in [0.5, 0.6) is 0 Å². The van der Waals surface area contributed by atoms with Gasteiger partial charge in [-0.2, -0.15) is 0 Å². The van der Waals surface area contributed by atoms with E-state index in [4.69, 9.17) is 0 Å². The van der Waals surface area contributed by atoms with Crippen molar-refractivity contribution in [2.24, 2.45) is 0 Å². The zero-order chi connectivity index (χ0) is 16.4. The molecule has 3 rings (SSSR count). The highest BCUT2D eigenvalue weighted by Gasteiger charge is 2.21. The van der Waals surface area contributed by atoms with Crippen molar-refractivity contribution in [3.63, 3.8) is 0 Å². The van der Waals surface area contributed by atoms with Crippen LogP contribution in [0.2, 0.25) is 0 Å². The van der Waals surface area contributed by atoms with Gasteiger partial charge in [-0.25, -0.2) is 0 Å². The Morgan fingerprint density at radius 3 is 2.61 bits per heavy atom. The largest absolute Gasteiger partial charge is 0.371 e. The van der Waals surface area contributed by atoms with Crippen molar-refractivity contribution < 1.29 is 0 Å². The molecule has 4 nitrogen and oxygen atoms in total. The summed E-state index contributed by atoms with van der Waals surface area (Å²) in [6, 6.07) is 8.98. The first-order chi connectivity index (χ1) is 11.0. The van der Waals surface area contributed by atoms with E-state index >= 15 is 0 Å². The first kappa shape index (κ1) is 16.0. The summed E-state index contributed by atoms with van der Waals surface area (Å²) in [5.41, 5.74) is 2.26. The molecule has 1 aliphatic rings. The Morgan fingerprint density at radius 1 is 1.30 bits per heavy atom. The summed E-state index contributed by atoms with van der Waals surface area (Å²) in [6.07, 6.45) is 4.32. The molecule has 0 spiro atoms. The highest BCUT2D eigenvalue weighted by Crippen LogP contribution is 2.25. The Morgan fingerprint density at radius 2 is 2.00 bits per heavy atom. The van der Waals surface area contributed by atoms with Gasteiger partial charge in [0.15, 0.2) is 0 Å². The first-order valence-electron chi connectivity index (χ1n) is 7.95. The second kappa shape index (κ2) is 6.72. The lowest BCUT2D eigenvalue weighted by atomic mass is 10.0. The van der Waals surface area contributed by atoms with Gasteiger partial charge in [0.25, 0.3) is 5.56 Å². The number of H-pyrrole nitrogens is 1. The molecule has 0 saturated carbocycles. The fraction of sp³-hybridized carbons (Fsp3) is 0.389. The number of hydrogen-bond donors (Lipinski definition) is 1. The number of piperidine rings is 1. The van der Waals surface area contributed by atoms with E-state index in [2.05, 4.69) is 53.7 Å². The van der Waals surface area contributed by atoms with Crippen LogP contribution in [0.25, 0.3) is 12.7 Å². The molecule has 0 radical (unpaired) electrons. The van der Waals surface area contributed by atoms with E-state index in [9.17, 15) is 4.79 Å². The van der Waals surface area contributed by atoms with Gasteiger partial charge in [-0.1, -0.05) is 24.8 Å². The molecule has 5 heteroatoms. The van der Waals surface area contributed by atoms with Gasteiger partial charge in [0, 0.05) is 24.8 Å². The molecule has 1 aliphatic heterocycles. The second-order valence-corrected chi connectivity index (χ2v) is 7.37. The molecule has 1 aromatic heterocycles. The number of anilines is 1. The van der Waals surface area contributed by atoms with Crippen LogP contribution in [0.3, 0.4) is 0 Å². The number of rotatable bonds is 3. The average Bonchev–Trinajstić information content (AvgIpc) is 2.85. The van der Waals surface area contributed by atoms with E-state index in [0.717, 1.165) is 18.7 Å². The topological polar surface area (TPSA) is 39.3 Å². The van der Waals surface area contributed by atoms with Crippen LogP contribution >= 0.6 is 11.3 Å². The fourth-order valence-corrected chi connectivity index (χ4v) is 3.89. The summed E-state index contributed by atoms with van der Waals surface area (Å²) in [7, 11) is 4.31. The normalized spacial score (nSPS) is 17.2. The number of hydrogen-bond acceptors (Lipinski definition) is 4. The van der Waals surface area contributed by atoms with Gasteiger partial charge in [-0.15, -0.1) is 11.3 Å². The maximum atomic E-state index is 11.9. The predicted octanol–water partition coefficient (Wildman–Crippen LogP) is 1.21. The minimum absolute atomic E-state index is 0.0545. The lowest BCUT2D eigenvalue weighted by Gasteiger charge is -2.37. The van der Waals surface area contributed by atoms with Crippen LogP contribution in [-0.4, -0.2) is 43.1 Å². The zero-order valence-electron chi connectivity index (χ0n) is 13.7. The van der Waals surface area contributed by atoms with Crippen molar-refractivity contribution in [2.75, 3.05) is 32.1 Å². The standard InChI is InChI=1S/C18H23N3OS/c1-13-19-18(22)17(23-13)12-14-6-4-5-7-16(14)21-10-8-15(9-11-21)20(2)3/h4-7,12,15H,1,8-11H2,2-3H3,(H,19,22)/b17-12-. The summed E-state index contributed by atoms with van der Waals surface area (Å²) in [5.74, 6) is 0. The van der Waals surface area contributed by atoms with E-state index in [1.54, 1.807) is 0 Å². The lowest BCUT2D eigenvalue weighted by molar-refractivity contribution is 0.249. The maximum absolute atomic E-state index is 11.9. The van der Waals surface area contributed by atoms with Gasteiger partial charge >= 0.3 is 0 Å². The first-order valence-corrected chi connectivity index (χ1v) is 8.76. The van der Waals surface area contributed by atoms with Gasteiger partial charge in [0.2, 0.25) is 0 Å². The molecule has 0 unspecified atom stereocenters. The highest BCUT2D eigenvalue weighted by atomic mass is 32.1. The third-order valence-electron chi connectivity index (χ3n) is 4.47. The highest BCUT2D eigenvalue weighted by molar-refractivity contribution is 7.07. The lowest BCUT2D eigenvalue weighted by Crippen LogP contribution is -2.42. The van der Waals surface area contributed by atoms with Crippen LogP contribution < -0.4 is 19.7 Å². The van der Waals surface area contributed by atoms with Gasteiger partial charge in [-0.3, -0.25) is 4.79 Å². The van der Waals surface area contributed by atoms with Crippen LogP contribution in [0.1, 0.15) is 18.4 Å². The Hall–Kier alpha value is -1.85. The van der Waals surface area contributed by atoms with E-state index < -0.39 is 0 Å². The van der Waals surface area contributed by atoms with Crippen molar-refractivity contribution in [2.45, 2.75) is 18.9 Å². The van der Waals surface area contributed by atoms with Crippen molar-refractivity contribution >= 4 is 29.7 Å². The molecule has 0 aliphatic carbocycles. The summed E-state index contributed by atoms with van der Waals surface area (Å²) in [5, 5.41) is 0. The zero-order valence-corrected chi connectivity index (χ0v) is 14.5. The van der Waals surface area contributed by atoms with E-state index in [0.29, 0.717) is 15.2 Å². The molecule has 23 heavy (non-hydrogen) atoms. The van der Waals surface area contributed by atoms with Gasteiger partial charge in [-0.05, 0) is 44.6 Å². The number of thiazole rings is 1. The molecule has 0 bridgehead atoms. The van der Waals surface area contributed by atoms with Crippen molar-refractivity contribution in [1.82, 2.24) is 9.88 Å². The quantitative estimate of drug-likeness (QED) is 0.920. The Bertz CT molecular complexity index is 828. The van der Waals surface area contributed by atoms with Crippen molar-refractivity contribution in [1.29, 1.82) is 0 Å². The monoisotopic (exact) mass is 329 g/mol. The number of benzene rings is 1. The second-order valence-electron chi connectivity index (χ2n) is 6.23. The van der Waals surface area contributed by atoms with E-state index in [1.165, 1.54) is 29.9 Å². The summed E-state index contributed by atoms with van der Waals surface area (Å²) in [6.45, 7) is 5.91. The molecule has 0 atom stereocenters. The van der Waals surface area contributed by atoms with Crippen molar-refractivity contribution in [3.05, 3.63) is 49.4 Å². The minimum atomic E-state index is -0.0545. The Balaban J connectivity index is 1.91. The summed E-state index contributed by atoms with van der Waals surface area (Å²) in [4.78, 5) is 19.4. The van der Waals surface area contributed by atoms with E-state index in [1.807, 2.05) is 12.1 Å². The third-order valence-corrected chi connectivity index (χ3v) is 5.34. The smallest absolute Gasteiger partial charge is 0.266 e. The van der Waals surface area contributed by atoms with Crippen LogP contribution in [0.4, 0.5) is 5.69 Å². The number of aromatic amines is 1. The molecular formula is C18H23N3OS. The van der Waals surface area contributed by atoms with Gasteiger partial charge in [0.05, 0.1) is 9.20 Å². The predicted molar refractivity (Wildman–Crippen MR) is 98.6 cm³/mol. The van der Waals surface area contributed by atoms with E-state index in [-0.39, 0.29) is 5.56 Å². The average molecular weight is 329 g/mol. The molecule has 2 aromatic rings. The SMILES string of the molecule is C=c1[nH]c(=O)/c(=C/c2ccccc2N2CCC(N(C)C)CC2)s1. The molecule has 122 valence electrons. The van der Waals surface area contributed by atoms with Crippen LogP contribution in [0, 0.1) is 0 Å². The molecule has 1 saturated heterocycles. The number of nitrogens with one attached hydrogen (secondary N) is 1. The van der Waals surface area contributed by atoms with Gasteiger partial charge < -0.3 is 14.8 Å². The molecule has 0 amide bonds. The van der Waals surface area contributed by atoms with Crippen LogP contribution in [0.15, 0.2) is 29.1 Å². The third kappa shape index (κ3) is 3.57.